The minimum Gasteiger partial charge on any atom is -0.355 e. The first-order valence-electron chi connectivity index (χ1n) is 11.2. The van der Waals surface area contributed by atoms with Crippen LogP contribution in [0, 0.1) is 11.8 Å². The number of fused-ring (bicyclic) bond motifs is 6. The van der Waals surface area contributed by atoms with Gasteiger partial charge in [0.15, 0.2) is 5.54 Å². The lowest BCUT2D eigenvalue weighted by molar-refractivity contribution is -0.148. The van der Waals surface area contributed by atoms with Crippen LogP contribution in [0.25, 0.3) is 10.9 Å². The Balaban J connectivity index is 1.87. The number of aromatic nitrogens is 1. The second-order valence-electron chi connectivity index (χ2n) is 9.28. The summed E-state index contributed by atoms with van der Waals surface area (Å²) in [7, 11) is 0. The Kier molecular flexibility index (Phi) is 4.52. The number of aromatic amines is 1. The number of imide groups is 1. The predicted octanol–water partition coefficient (Wildman–Crippen LogP) is 3.98. The summed E-state index contributed by atoms with van der Waals surface area (Å²) in [6.07, 6.45) is 0.646. The van der Waals surface area contributed by atoms with Crippen LogP contribution in [-0.2, 0) is 26.3 Å². The summed E-state index contributed by atoms with van der Waals surface area (Å²) in [4.78, 5) is 47.6. The molecular weight excluding hydrogens is 402 g/mol. The van der Waals surface area contributed by atoms with Crippen molar-refractivity contribution in [2.45, 2.75) is 39.7 Å². The fourth-order valence-electron chi connectivity index (χ4n) is 5.22. The smallest absolute Gasteiger partial charge is 0.270 e. The lowest BCUT2D eigenvalue weighted by atomic mass is 9.79. The van der Waals surface area contributed by atoms with E-state index < -0.39 is 5.54 Å². The molecule has 1 atom stereocenters. The molecule has 2 aliphatic heterocycles. The first-order valence-corrected chi connectivity index (χ1v) is 11.2. The molecular formula is C26H27N3O3. The van der Waals surface area contributed by atoms with Crippen molar-refractivity contribution in [1.29, 1.82) is 0 Å². The molecule has 0 aliphatic carbocycles. The van der Waals surface area contributed by atoms with Crippen molar-refractivity contribution >= 4 is 34.3 Å². The standard InChI is InChI=1S/C26H27N3O3/c1-15(2)23(30)28-14-13-18-17-9-5-7-11-20(17)27-22(18)26(28)19-10-6-8-12-21(19)29(25(26)32)24(31)16(3)4/h5-12,15-16,27H,13-14H2,1-4H3/t26-/m0/s1. The van der Waals surface area contributed by atoms with Crippen molar-refractivity contribution < 1.29 is 14.4 Å². The van der Waals surface area contributed by atoms with Gasteiger partial charge in [0.1, 0.15) is 0 Å². The molecule has 2 aliphatic rings. The van der Waals surface area contributed by atoms with E-state index in [2.05, 4.69) is 4.98 Å². The second-order valence-corrected chi connectivity index (χ2v) is 9.28. The van der Waals surface area contributed by atoms with E-state index in [1.165, 1.54) is 4.90 Å². The van der Waals surface area contributed by atoms with Crippen molar-refractivity contribution in [3.8, 4) is 0 Å². The lowest BCUT2D eigenvalue weighted by Crippen LogP contribution is -2.60. The molecule has 3 heterocycles. The SMILES string of the molecule is CC(C)C(=O)N1C(=O)[C@]2(c3ccccc31)c1[nH]c3ccccc3c1CCN2C(=O)C(C)C. The van der Waals surface area contributed by atoms with Crippen LogP contribution >= 0.6 is 0 Å². The van der Waals surface area contributed by atoms with Gasteiger partial charge in [-0.25, -0.2) is 4.90 Å². The minimum absolute atomic E-state index is 0.101. The highest BCUT2D eigenvalue weighted by molar-refractivity contribution is 6.25. The van der Waals surface area contributed by atoms with Crippen LogP contribution in [0.5, 0.6) is 0 Å². The molecule has 0 saturated heterocycles. The number of rotatable bonds is 2. The predicted molar refractivity (Wildman–Crippen MR) is 123 cm³/mol. The Morgan fingerprint density at radius 2 is 1.59 bits per heavy atom. The van der Waals surface area contributed by atoms with E-state index in [0.717, 1.165) is 16.5 Å². The van der Waals surface area contributed by atoms with Gasteiger partial charge in [-0.2, -0.15) is 0 Å². The van der Waals surface area contributed by atoms with Gasteiger partial charge in [0, 0.05) is 34.8 Å². The molecule has 0 unspecified atom stereocenters. The fraction of sp³-hybridized carbons (Fsp3) is 0.346. The fourth-order valence-corrected chi connectivity index (χ4v) is 5.22. The zero-order chi connectivity index (χ0) is 22.8. The molecule has 3 aromatic rings. The van der Waals surface area contributed by atoms with Crippen LogP contribution in [0.4, 0.5) is 5.69 Å². The van der Waals surface area contributed by atoms with Crippen LogP contribution < -0.4 is 4.90 Å². The zero-order valence-corrected chi connectivity index (χ0v) is 18.8. The van der Waals surface area contributed by atoms with Crippen LogP contribution in [0.2, 0.25) is 0 Å². The molecule has 2 aromatic carbocycles. The number of nitrogens with zero attached hydrogens (tertiary/aromatic N) is 2. The van der Waals surface area contributed by atoms with E-state index >= 15 is 0 Å². The lowest BCUT2D eigenvalue weighted by Gasteiger charge is -2.44. The summed E-state index contributed by atoms with van der Waals surface area (Å²) >= 11 is 0. The van der Waals surface area contributed by atoms with Gasteiger partial charge in [-0.1, -0.05) is 64.1 Å². The molecule has 1 spiro atoms. The number of amides is 3. The molecule has 6 heteroatoms. The Morgan fingerprint density at radius 3 is 2.31 bits per heavy atom. The maximum absolute atomic E-state index is 14.4. The van der Waals surface area contributed by atoms with Gasteiger partial charge < -0.3 is 9.88 Å². The highest BCUT2D eigenvalue weighted by Gasteiger charge is 2.62. The number of hydrogen-bond acceptors (Lipinski definition) is 3. The minimum atomic E-state index is -1.38. The monoisotopic (exact) mass is 429 g/mol. The number of H-pyrrole nitrogens is 1. The molecule has 1 aromatic heterocycles. The van der Waals surface area contributed by atoms with Gasteiger partial charge >= 0.3 is 0 Å². The van der Waals surface area contributed by atoms with Gasteiger partial charge in [0.25, 0.3) is 5.91 Å². The van der Waals surface area contributed by atoms with E-state index in [1.54, 1.807) is 24.8 Å². The number of carbonyl (C=O) groups is 3. The third-order valence-corrected chi connectivity index (χ3v) is 6.69. The third-order valence-electron chi connectivity index (χ3n) is 6.69. The number of nitrogens with one attached hydrogen (secondary N) is 1. The molecule has 0 saturated carbocycles. The van der Waals surface area contributed by atoms with Gasteiger partial charge in [-0.15, -0.1) is 0 Å². The largest absolute Gasteiger partial charge is 0.355 e. The van der Waals surface area contributed by atoms with E-state index in [9.17, 15) is 14.4 Å². The van der Waals surface area contributed by atoms with Crippen molar-refractivity contribution in [1.82, 2.24) is 9.88 Å². The van der Waals surface area contributed by atoms with E-state index in [1.807, 2.05) is 56.3 Å². The van der Waals surface area contributed by atoms with Crippen molar-refractivity contribution in [3.05, 3.63) is 65.4 Å². The third kappa shape index (κ3) is 2.49. The maximum Gasteiger partial charge on any atom is 0.270 e. The summed E-state index contributed by atoms with van der Waals surface area (Å²) in [5.41, 5.74) is 2.53. The van der Waals surface area contributed by atoms with Crippen molar-refractivity contribution in [2.24, 2.45) is 11.8 Å². The van der Waals surface area contributed by atoms with Gasteiger partial charge in [0.05, 0.1) is 11.4 Å². The summed E-state index contributed by atoms with van der Waals surface area (Å²) in [6, 6.07) is 15.3. The van der Waals surface area contributed by atoms with E-state index in [0.29, 0.717) is 29.9 Å². The molecule has 164 valence electrons. The van der Waals surface area contributed by atoms with Crippen LogP contribution in [0.15, 0.2) is 48.5 Å². The number of hydrogen-bond donors (Lipinski definition) is 1. The molecule has 3 amide bonds. The number of para-hydroxylation sites is 2. The van der Waals surface area contributed by atoms with Crippen molar-refractivity contribution in [2.75, 3.05) is 11.4 Å². The van der Waals surface area contributed by atoms with Crippen LogP contribution in [-0.4, -0.2) is 34.2 Å². The quantitative estimate of drug-likeness (QED) is 0.670. The number of benzene rings is 2. The van der Waals surface area contributed by atoms with Crippen LogP contribution in [0.1, 0.15) is 44.5 Å². The average molecular weight is 430 g/mol. The first-order chi connectivity index (χ1) is 15.3. The summed E-state index contributed by atoms with van der Waals surface area (Å²) < 4.78 is 0. The molecule has 6 nitrogen and oxygen atoms in total. The summed E-state index contributed by atoms with van der Waals surface area (Å²) in [5, 5.41) is 1.05. The number of carbonyl (C=O) groups excluding carboxylic acids is 3. The Labute approximate surface area is 187 Å². The topological polar surface area (TPSA) is 73.5 Å². The van der Waals surface area contributed by atoms with Gasteiger partial charge in [-0.05, 0) is 24.1 Å². The molecule has 1 N–H and O–H groups in total. The Morgan fingerprint density at radius 1 is 0.938 bits per heavy atom. The molecule has 5 rings (SSSR count). The van der Waals surface area contributed by atoms with Gasteiger partial charge in [-0.3, -0.25) is 14.4 Å². The Hall–Kier alpha value is -3.41. The van der Waals surface area contributed by atoms with E-state index in [-0.39, 0.29) is 29.6 Å². The second kappa shape index (κ2) is 7.05. The van der Waals surface area contributed by atoms with Gasteiger partial charge in [0.2, 0.25) is 11.8 Å². The van der Waals surface area contributed by atoms with E-state index in [4.69, 9.17) is 0 Å². The average Bonchev–Trinajstić information content (AvgIpc) is 3.28. The number of anilines is 1. The summed E-state index contributed by atoms with van der Waals surface area (Å²) in [6.45, 7) is 7.68. The molecule has 0 bridgehead atoms. The molecule has 0 radical (unpaired) electrons. The Bertz CT molecular complexity index is 1270. The maximum atomic E-state index is 14.4. The first kappa shape index (κ1) is 20.5. The zero-order valence-electron chi connectivity index (χ0n) is 18.8. The highest BCUT2D eigenvalue weighted by Crippen LogP contribution is 2.52. The molecule has 32 heavy (non-hydrogen) atoms. The normalized spacial score (nSPS) is 19.9. The molecule has 0 fully saturated rings. The summed E-state index contributed by atoms with van der Waals surface area (Å²) in [5.74, 6) is -1.38. The highest BCUT2D eigenvalue weighted by atomic mass is 16.2. The van der Waals surface area contributed by atoms with Crippen LogP contribution in [0.3, 0.4) is 0 Å². The van der Waals surface area contributed by atoms with Crippen molar-refractivity contribution in [3.63, 3.8) is 0 Å².